The molecule has 12 bridgehead atoms. The summed E-state index contributed by atoms with van der Waals surface area (Å²) in [6.45, 7) is 9.44. The minimum Gasteiger partial charge on any atom is -0.343 e. The van der Waals surface area contributed by atoms with Crippen molar-refractivity contribution in [2.24, 2.45) is 52.8 Å². The van der Waals surface area contributed by atoms with Gasteiger partial charge in [0.2, 0.25) is 0 Å². The lowest BCUT2D eigenvalue weighted by molar-refractivity contribution is -0.549. The van der Waals surface area contributed by atoms with Crippen molar-refractivity contribution in [2.45, 2.75) is 176 Å². The zero-order valence-corrected chi connectivity index (χ0v) is 30.6. The lowest BCUT2D eigenvalue weighted by Crippen LogP contribution is -2.84. The Morgan fingerprint density at radius 2 is 1.00 bits per heavy atom. The van der Waals surface area contributed by atoms with Gasteiger partial charge in [0.15, 0.2) is 11.6 Å². The van der Waals surface area contributed by atoms with E-state index < -0.39 is 11.6 Å². The number of hydrogen-bond acceptors (Lipinski definition) is 3. The molecule has 5 heteroatoms. The van der Waals surface area contributed by atoms with Gasteiger partial charge in [-0.2, -0.15) is 0 Å². The second kappa shape index (κ2) is 9.29. The monoisotopic (exact) mass is 640 g/mol. The molecule has 13 aliphatic rings. The summed E-state index contributed by atoms with van der Waals surface area (Å²) in [4.78, 5) is 0. The molecule has 0 radical (unpaired) electrons. The van der Waals surface area contributed by atoms with E-state index in [2.05, 4.69) is 36.9 Å². The standard InChI is InChI=1S/C39H62O3P2/c1-33-22-35(3)41-34(2,23-36(4,40-33)42-35)39(33,24-43)32-8-6-5-7-31(32)21-44(37-15-25-9-26(16-37)11-27(10-25)17-37)38-18-28-12-29(19-38)14-30(13-28)20-38/h25-32H,5-24,43H2,1-4H3. The van der Waals surface area contributed by atoms with E-state index in [-0.39, 0.29) is 24.5 Å². The maximum atomic E-state index is 7.23. The van der Waals surface area contributed by atoms with Crippen LogP contribution in [0.15, 0.2) is 0 Å². The lowest BCUT2D eigenvalue weighted by Gasteiger charge is -2.77. The van der Waals surface area contributed by atoms with Gasteiger partial charge < -0.3 is 14.2 Å². The van der Waals surface area contributed by atoms with E-state index in [1.807, 2.05) is 0 Å². The van der Waals surface area contributed by atoms with E-state index >= 15 is 0 Å². The Morgan fingerprint density at radius 1 is 0.591 bits per heavy atom. The highest BCUT2D eigenvalue weighted by Gasteiger charge is 2.79. The SMILES string of the molecule is CC12CC3(C)OC(C)(CC(C)(O1)C3(CP)C1CCCCC1CP(C13CC4CC(CC(C4)C1)C3)C13CC4CC(CC(C4)C1)C3)O2. The third-order valence-corrected chi connectivity index (χ3v) is 21.8. The Labute approximate surface area is 272 Å². The first kappa shape index (κ1) is 29.6. The van der Waals surface area contributed by atoms with Crippen LogP contribution in [0, 0.1) is 52.8 Å². The maximum Gasteiger partial charge on any atom is 0.172 e. The molecule has 3 nitrogen and oxygen atoms in total. The number of rotatable bonds is 6. The molecule has 0 spiro atoms. The summed E-state index contributed by atoms with van der Waals surface area (Å²) >= 11 is 0. The molecule has 4 aliphatic heterocycles. The van der Waals surface area contributed by atoms with E-state index in [1.165, 1.54) is 25.7 Å². The normalized spacial score (nSPS) is 63.8. The Bertz CT molecular complexity index is 1050. The molecule has 0 aromatic rings. The summed E-state index contributed by atoms with van der Waals surface area (Å²) in [5, 5.41) is 1.46. The van der Waals surface area contributed by atoms with Crippen molar-refractivity contribution < 1.29 is 14.2 Å². The molecule has 7 unspecified atom stereocenters. The lowest BCUT2D eigenvalue weighted by atomic mass is 9.46. The van der Waals surface area contributed by atoms with Gasteiger partial charge in [0.25, 0.3) is 0 Å². The smallest absolute Gasteiger partial charge is 0.172 e. The first-order valence-electron chi connectivity index (χ1n) is 19.5. The van der Waals surface area contributed by atoms with Gasteiger partial charge in [0.1, 0.15) is 0 Å². The molecular weight excluding hydrogens is 578 g/mol. The van der Waals surface area contributed by atoms with Crippen LogP contribution in [0.4, 0.5) is 0 Å². The Kier molecular flexibility index (Phi) is 6.26. The Hall–Kier alpha value is 0.740. The van der Waals surface area contributed by atoms with Gasteiger partial charge in [0.05, 0.1) is 11.2 Å². The maximum absolute atomic E-state index is 7.23. The van der Waals surface area contributed by atoms with Crippen molar-refractivity contribution in [3.8, 4) is 0 Å². The van der Waals surface area contributed by atoms with Crippen molar-refractivity contribution in [2.75, 3.05) is 12.3 Å². The van der Waals surface area contributed by atoms with E-state index in [1.54, 1.807) is 83.2 Å². The summed E-state index contributed by atoms with van der Waals surface area (Å²) in [6.07, 6.45) is 29.5. The van der Waals surface area contributed by atoms with Gasteiger partial charge in [-0.05, 0) is 188 Å². The average molecular weight is 641 g/mol. The average Bonchev–Trinajstić information content (AvgIpc) is 2.88. The van der Waals surface area contributed by atoms with Crippen molar-refractivity contribution in [3.63, 3.8) is 0 Å². The second-order valence-electron chi connectivity index (χ2n) is 20.1. The van der Waals surface area contributed by atoms with Crippen LogP contribution in [0.5, 0.6) is 0 Å². The molecule has 246 valence electrons. The van der Waals surface area contributed by atoms with E-state index in [0.717, 1.165) is 70.7 Å². The fourth-order valence-corrected chi connectivity index (χ4v) is 24.0. The molecule has 13 fully saturated rings. The first-order chi connectivity index (χ1) is 20.9. The van der Waals surface area contributed by atoms with E-state index in [9.17, 15) is 0 Å². The largest absolute Gasteiger partial charge is 0.343 e. The van der Waals surface area contributed by atoms with Crippen LogP contribution >= 0.6 is 17.2 Å². The molecule has 9 saturated carbocycles. The van der Waals surface area contributed by atoms with Gasteiger partial charge in [-0.25, -0.2) is 0 Å². The molecule has 13 rings (SSSR count). The van der Waals surface area contributed by atoms with Gasteiger partial charge in [-0.15, -0.1) is 9.24 Å². The molecule has 0 N–H and O–H groups in total. The summed E-state index contributed by atoms with van der Waals surface area (Å²) in [5.41, 5.74) is -0.374. The first-order valence-corrected chi connectivity index (χ1v) is 21.8. The zero-order chi connectivity index (χ0) is 30.0. The quantitative estimate of drug-likeness (QED) is 0.271. The summed E-state index contributed by atoms with van der Waals surface area (Å²) < 4.78 is 21.0. The third kappa shape index (κ3) is 3.87. The second-order valence-corrected chi connectivity index (χ2v) is 23.6. The van der Waals surface area contributed by atoms with E-state index in [0.29, 0.717) is 5.92 Å². The van der Waals surface area contributed by atoms with Crippen LogP contribution in [0.1, 0.15) is 143 Å². The van der Waals surface area contributed by atoms with Crippen molar-refractivity contribution >= 4 is 17.2 Å². The van der Waals surface area contributed by atoms with Crippen LogP contribution in [0.3, 0.4) is 0 Å². The van der Waals surface area contributed by atoms with Crippen LogP contribution in [0.2, 0.25) is 0 Å². The summed E-state index contributed by atoms with van der Waals surface area (Å²) in [5.74, 6) is 6.95. The van der Waals surface area contributed by atoms with Crippen LogP contribution < -0.4 is 0 Å². The van der Waals surface area contributed by atoms with Gasteiger partial charge >= 0.3 is 0 Å². The van der Waals surface area contributed by atoms with Gasteiger partial charge in [-0.3, -0.25) is 0 Å². The summed E-state index contributed by atoms with van der Waals surface area (Å²) in [7, 11) is 3.30. The minimum absolute atomic E-state index is 0.0119. The minimum atomic E-state index is -0.521. The molecule has 4 heterocycles. The predicted molar refractivity (Wildman–Crippen MR) is 182 cm³/mol. The number of ether oxygens (including phenoxy) is 3. The van der Waals surface area contributed by atoms with Gasteiger partial charge in [-0.1, -0.05) is 20.8 Å². The fourth-order valence-electron chi connectivity index (χ4n) is 17.3. The number of hydrogen-bond donors (Lipinski definition) is 0. The zero-order valence-electron chi connectivity index (χ0n) is 28.5. The van der Waals surface area contributed by atoms with Gasteiger partial charge in [0, 0.05) is 18.3 Å². The van der Waals surface area contributed by atoms with E-state index in [4.69, 9.17) is 14.2 Å². The van der Waals surface area contributed by atoms with Crippen LogP contribution in [-0.2, 0) is 14.2 Å². The molecule has 0 aromatic heterocycles. The van der Waals surface area contributed by atoms with Crippen LogP contribution in [-0.4, -0.2) is 45.4 Å². The topological polar surface area (TPSA) is 27.7 Å². The van der Waals surface area contributed by atoms with Crippen molar-refractivity contribution in [1.82, 2.24) is 0 Å². The molecule has 0 amide bonds. The molecule has 9 aliphatic carbocycles. The highest BCUT2D eigenvalue weighted by Crippen LogP contribution is 2.80. The highest BCUT2D eigenvalue weighted by molar-refractivity contribution is 7.61. The van der Waals surface area contributed by atoms with Crippen molar-refractivity contribution in [1.29, 1.82) is 0 Å². The van der Waals surface area contributed by atoms with Crippen LogP contribution in [0.25, 0.3) is 0 Å². The molecular formula is C39H62O3P2. The Balaban J connectivity index is 1.07. The Morgan fingerprint density at radius 3 is 1.41 bits per heavy atom. The molecule has 0 aromatic carbocycles. The summed E-state index contributed by atoms with van der Waals surface area (Å²) in [6, 6.07) is 0. The fraction of sp³-hybridized carbons (Fsp3) is 1.00. The molecule has 44 heavy (non-hydrogen) atoms. The highest BCUT2D eigenvalue weighted by atomic mass is 31.1. The van der Waals surface area contributed by atoms with Crippen molar-refractivity contribution in [3.05, 3.63) is 0 Å². The molecule has 4 saturated heterocycles. The molecule has 7 atom stereocenters. The third-order valence-electron chi connectivity index (χ3n) is 17.0. The predicted octanol–water partition coefficient (Wildman–Crippen LogP) is 9.89.